The van der Waals surface area contributed by atoms with Crippen molar-refractivity contribution in [2.75, 3.05) is 26.2 Å². The van der Waals surface area contributed by atoms with Crippen LogP contribution in [0.15, 0.2) is 71.6 Å². The van der Waals surface area contributed by atoms with E-state index in [4.69, 9.17) is 9.47 Å². The molecule has 0 aliphatic carbocycles. The van der Waals surface area contributed by atoms with Gasteiger partial charge in [-0.1, -0.05) is 48.9 Å². The number of aromatic hydroxyl groups is 1. The molecule has 0 amide bonds. The molecule has 1 saturated heterocycles. The van der Waals surface area contributed by atoms with Crippen molar-refractivity contribution >= 4 is 24.2 Å². The lowest BCUT2D eigenvalue weighted by molar-refractivity contribution is 0.182. The van der Waals surface area contributed by atoms with Gasteiger partial charge in [-0.15, -0.1) is 24.2 Å². The Kier molecular flexibility index (Phi) is 8.24. The van der Waals surface area contributed by atoms with E-state index in [1.807, 2.05) is 54.6 Å². The summed E-state index contributed by atoms with van der Waals surface area (Å²) >= 11 is 1.39. The second-order valence-corrected chi connectivity index (χ2v) is 9.69. The molecule has 0 radical (unpaired) electrons. The van der Waals surface area contributed by atoms with Gasteiger partial charge in [-0.3, -0.25) is 4.90 Å². The second kappa shape index (κ2) is 11.3. The van der Waals surface area contributed by atoms with Crippen LogP contribution in [0.4, 0.5) is 4.39 Å². The van der Waals surface area contributed by atoms with Crippen LogP contribution >= 0.6 is 24.2 Å². The molecule has 7 heteroatoms. The minimum Gasteiger partial charge on any atom is -0.505 e. The fourth-order valence-corrected chi connectivity index (χ4v) is 5.80. The quantitative estimate of drug-likeness (QED) is 0.403. The van der Waals surface area contributed by atoms with Gasteiger partial charge in [0.1, 0.15) is 24.2 Å². The maximum absolute atomic E-state index is 14.6. The number of piperidine rings is 1. The van der Waals surface area contributed by atoms with Crippen LogP contribution in [0, 0.1) is 5.82 Å². The Morgan fingerprint density at radius 1 is 0.941 bits per heavy atom. The third kappa shape index (κ3) is 5.45. The minimum atomic E-state index is -0.630. The van der Waals surface area contributed by atoms with E-state index in [0.29, 0.717) is 17.3 Å². The lowest BCUT2D eigenvalue weighted by atomic mass is 10.00. The number of likely N-dealkylation sites (tertiary alicyclic amines) is 1. The molecule has 0 bridgehead atoms. The van der Waals surface area contributed by atoms with E-state index in [-0.39, 0.29) is 29.5 Å². The van der Waals surface area contributed by atoms with Gasteiger partial charge in [-0.2, -0.15) is 0 Å². The maximum Gasteiger partial charge on any atom is 0.182 e. The fourth-order valence-electron chi connectivity index (χ4n) is 4.48. The number of nitrogens with zero attached hydrogens (tertiary/aromatic N) is 1. The van der Waals surface area contributed by atoms with E-state index in [2.05, 4.69) is 4.90 Å². The number of phenols is 1. The van der Waals surface area contributed by atoms with E-state index in [1.54, 1.807) is 6.07 Å². The molecular formula is C27H29ClFNO3S. The van der Waals surface area contributed by atoms with Gasteiger partial charge in [0.05, 0.1) is 10.1 Å². The van der Waals surface area contributed by atoms with E-state index < -0.39 is 5.82 Å². The smallest absolute Gasteiger partial charge is 0.182 e. The minimum absolute atomic E-state index is 0. The largest absolute Gasteiger partial charge is 0.505 e. The summed E-state index contributed by atoms with van der Waals surface area (Å²) in [5.41, 5.74) is 2.04. The van der Waals surface area contributed by atoms with Gasteiger partial charge in [0.2, 0.25) is 0 Å². The Labute approximate surface area is 210 Å². The molecule has 2 heterocycles. The van der Waals surface area contributed by atoms with E-state index in [0.717, 1.165) is 23.4 Å². The molecule has 2 atom stereocenters. The number of rotatable bonds is 6. The van der Waals surface area contributed by atoms with Crippen LogP contribution in [0.2, 0.25) is 0 Å². The highest BCUT2D eigenvalue weighted by molar-refractivity contribution is 7.99. The van der Waals surface area contributed by atoms with Crippen molar-refractivity contribution in [1.29, 1.82) is 0 Å². The highest BCUT2D eigenvalue weighted by Crippen LogP contribution is 2.54. The molecule has 5 rings (SSSR count). The predicted octanol–water partition coefficient (Wildman–Crippen LogP) is 6.78. The van der Waals surface area contributed by atoms with Crippen molar-refractivity contribution in [2.45, 2.75) is 35.5 Å². The second-order valence-electron chi connectivity index (χ2n) is 8.53. The molecular weight excluding hydrogens is 473 g/mol. The van der Waals surface area contributed by atoms with Gasteiger partial charge < -0.3 is 14.6 Å². The number of hydrogen-bond donors (Lipinski definition) is 1. The molecule has 2 aliphatic rings. The average molecular weight is 502 g/mol. The van der Waals surface area contributed by atoms with Crippen LogP contribution in [0.3, 0.4) is 0 Å². The van der Waals surface area contributed by atoms with Gasteiger partial charge in [-0.25, -0.2) is 4.39 Å². The van der Waals surface area contributed by atoms with Crippen LogP contribution in [0.1, 0.15) is 41.7 Å². The number of thioether (sulfide) groups is 1. The number of benzene rings is 3. The molecule has 3 aromatic carbocycles. The van der Waals surface area contributed by atoms with Crippen molar-refractivity contribution < 1.29 is 19.0 Å². The Bertz CT molecular complexity index is 1080. The molecule has 180 valence electrons. The molecule has 0 aromatic heterocycles. The first-order valence-corrected chi connectivity index (χ1v) is 12.4. The third-order valence-corrected chi connectivity index (χ3v) is 7.67. The summed E-state index contributed by atoms with van der Waals surface area (Å²) < 4.78 is 26.9. The number of hydrogen-bond acceptors (Lipinski definition) is 5. The van der Waals surface area contributed by atoms with Crippen molar-refractivity contribution in [3.05, 3.63) is 83.7 Å². The predicted molar refractivity (Wildman–Crippen MR) is 136 cm³/mol. The van der Waals surface area contributed by atoms with Crippen molar-refractivity contribution in [3.8, 4) is 17.2 Å². The first-order valence-electron chi connectivity index (χ1n) is 11.5. The Hall–Kier alpha value is -2.41. The van der Waals surface area contributed by atoms with Crippen LogP contribution in [0.5, 0.6) is 17.2 Å². The Balaban J connectivity index is 0.00000274. The number of ether oxygens (including phenoxy) is 2. The summed E-state index contributed by atoms with van der Waals surface area (Å²) in [6, 6.07) is 20.9. The van der Waals surface area contributed by atoms with Gasteiger partial charge >= 0.3 is 0 Å². The molecule has 0 saturated carbocycles. The molecule has 2 unspecified atom stereocenters. The highest BCUT2D eigenvalue weighted by Gasteiger charge is 2.35. The lowest BCUT2D eigenvalue weighted by Gasteiger charge is -2.34. The van der Waals surface area contributed by atoms with E-state index in [1.165, 1.54) is 50.2 Å². The van der Waals surface area contributed by atoms with Gasteiger partial charge in [0.25, 0.3) is 0 Å². The van der Waals surface area contributed by atoms with Gasteiger partial charge in [-0.05, 0) is 61.3 Å². The average Bonchev–Trinajstić information content (AvgIpc) is 2.87. The van der Waals surface area contributed by atoms with Gasteiger partial charge in [0.15, 0.2) is 11.6 Å². The number of halogens is 2. The standard InChI is InChI=1S/C27H28FNO3S.ClH/c28-24-22(30)13-14-23-27(24)33-26(20-7-3-1-4-8-20)25(32-23)19-9-11-21(12-10-19)31-18-17-29-15-5-2-6-16-29;/h1,3-4,7-14,25-26,30H,2,5-6,15-18H2;1H. The molecule has 0 spiro atoms. The monoisotopic (exact) mass is 501 g/mol. The SMILES string of the molecule is Cl.Oc1ccc2c(c1F)SC(c1ccccc1)C(c1ccc(OCCN3CCCCC3)cc1)O2. The zero-order chi connectivity index (χ0) is 22.6. The summed E-state index contributed by atoms with van der Waals surface area (Å²) in [5.74, 6) is 0.302. The van der Waals surface area contributed by atoms with E-state index >= 15 is 0 Å². The molecule has 1 fully saturated rings. The molecule has 3 aromatic rings. The van der Waals surface area contributed by atoms with Crippen LogP contribution < -0.4 is 9.47 Å². The maximum atomic E-state index is 14.6. The molecule has 4 nitrogen and oxygen atoms in total. The van der Waals surface area contributed by atoms with Crippen molar-refractivity contribution in [3.63, 3.8) is 0 Å². The van der Waals surface area contributed by atoms with Gasteiger partial charge in [0, 0.05) is 6.54 Å². The number of phenolic OH excluding ortho intramolecular Hbond substituents is 1. The highest BCUT2D eigenvalue weighted by atomic mass is 35.5. The summed E-state index contributed by atoms with van der Waals surface area (Å²) in [4.78, 5) is 2.81. The molecule has 1 N–H and O–H groups in total. The molecule has 2 aliphatic heterocycles. The first kappa shape index (κ1) is 24.7. The Morgan fingerprint density at radius 3 is 2.41 bits per heavy atom. The van der Waals surface area contributed by atoms with E-state index in [9.17, 15) is 9.50 Å². The van der Waals surface area contributed by atoms with Crippen molar-refractivity contribution in [2.24, 2.45) is 0 Å². The summed E-state index contributed by atoms with van der Waals surface area (Å²) in [6.07, 6.45) is 3.60. The zero-order valence-corrected chi connectivity index (χ0v) is 20.5. The van der Waals surface area contributed by atoms with Crippen molar-refractivity contribution in [1.82, 2.24) is 4.90 Å². The fraction of sp³-hybridized carbons (Fsp3) is 0.333. The summed E-state index contributed by atoms with van der Waals surface area (Å²) in [5, 5.41) is 9.69. The van der Waals surface area contributed by atoms with Crippen LogP contribution in [0.25, 0.3) is 0 Å². The van der Waals surface area contributed by atoms with Crippen LogP contribution in [-0.2, 0) is 0 Å². The molecule has 34 heavy (non-hydrogen) atoms. The topological polar surface area (TPSA) is 41.9 Å². The summed E-state index contributed by atoms with van der Waals surface area (Å²) in [6.45, 7) is 3.96. The summed E-state index contributed by atoms with van der Waals surface area (Å²) in [7, 11) is 0. The Morgan fingerprint density at radius 2 is 1.68 bits per heavy atom. The number of fused-ring (bicyclic) bond motifs is 1. The van der Waals surface area contributed by atoms with Crippen LogP contribution in [-0.4, -0.2) is 36.2 Å². The zero-order valence-electron chi connectivity index (χ0n) is 18.9. The third-order valence-electron chi connectivity index (χ3n) is 6.28. The normalized spacial score (nSPS) is 20.0. The lowest BCUT2D eigenvalue weighted by Crippen LogP contribution is -2.33. The first-order chi connectivity index (χ1) is 16.2.